The van der Waals surface area contributed by atoms with Gasteiger partial charge in [-0.15, -0.1) is 0 Å². The molecule has 0 spiro atoms. The molecule has 0 aromatic carbocycles. The number of carboxylic acid groups (broad SMARTS) is 1. The first-order valence-electron chi connectivity index (χ1n) is 4.77. The number of aliphatic carboxylic acids is 1. The highest BCUT2D eigenvalue weighted by Gasteiger charge is 2.22. The van der Waals surface area contributed by atoms with Crippen molar-refractivity contribution >= 4 is 15.8 Å². The Labute approximate surface area is 89.2 Å². The Bertz CT molecular complexity index is 403. The maximum Gasteiger partial charge on any atom is 0.303 e. The largest absolute Gasteiger partial charge is 0.481 e. The van der Waals surface area contributed by atoms with E-state index in [1.165, 1.54) is 0 Å². The number of rotatable bonds is 4. The first-order valence-corrected chi connectivity index (χ1v) is 6.43. The van der Waals surface area contributed by atoms with Crippen molar-refractivity contribution in [1.29, 1.82) is 0 Å². The van der Waals surface area contributed by atoms with Gasteiger partial charge >= 0.3 is 5.97 Å². The van der Waals surface area contributed by atoms with E-state index in [1.54, 1.807) is 25.2 Å². The summed E-state index contributed by atoms with van der Waals surface area (Å²) in [4.78, 5) is 10.8. The lowest BCUT2D eigenvalue weighted by Gasteiger charge is -2.16. The van der Waals surface area contributed by atoms with Crippen LogP contribution in [-0.2, 0) is 14.6 Å². The molecule has 1 aliphatic carbocycles. The zero-order valence-corrected chi connectivity index (χ0v) is 9.33. The molecular weight excluding hydrogens is 216 g/mol. The zero-order chi connectivity index (χ0) is 11.5. The van der Waals surface area contributed by atoms with E-state index in [9.17, 15) is 13.2 Å². The predicted octanol–water partition coefficient (Wildman–Crippen LogP) is 1.36. The van der Waals surface area contributed by atoms with Crippen LogP contribution in [0, 0.1) is 5.92 Å². The minimum absolute atomic E-state index is 0.0208. The number of sulfone groups is 1. The SMILES string of the molecule is CCS(=O)(=O)C1=CC=CC(CC(=O)O)C1. The van der Waals surface area contributed by atoms with Crippen LogP contribution >= 0.6 is 0 Å². The molecule has 0 saturated carbocycles. The Morgan fingerprint density at radius 1 is 1.60 bits per heavy atom. The van der Waals surface area contributed by atoms with E-state index in [0.29, 0.717) is 11.3 Å². The van der Waals surface area contributed by atoms with E-state index in [0.717, 1.165) is 0 Å². The Kier molecular flexibility index (Phi) is 3.68. The molecule has 0 aromatic heterocycles. The summed E-state index contributed by atoms with van der Waals surface area (Å²) >= 11 is 0. The minimum Gasteiger partial charge on any atom is -0.481 e. The van der Waals surface area contributed by atoms with Gasteiger partial charge in [-0.3, -0.25) is 4.79 Å². The normalized spacial score (nSPS) is 21.1. The Hall–Kier alpha value is -1.10. The molecule has 15 heavy (non-hydrogen) atoms. The van der Waals surface area contributed by atoms with Crippen molar-refractivity contribution in [3.8, 4) is 0 Å². The molecule has 0 saturated heterocycles. The van der Waals surface area contributed by atoms with E-state index in [2.05, 4.69) is 0 Å². The summed E-state index contributed by atoms with van der Waals surface area (Å²) in [5, 5.41) is 8.61. The van der Waals surface area contributed by atoms with Crippen molar-refractivity contribution in [2.24, 2.45) is 5.92 Å². The second kappa shape index (κ2) is 4.61. The van der Waals surface area contributed by atoms with Crippen molar-refractivity contribution in [3.05, 3.63) is 23.1 Å². The lowest BCUT2D eigenvalue weighted by molar-refractivity contribution is -0.137. The molecule has 0 aliphatic heterocycles. The molecule has 0 heterocycles. The van der Waals surface area contributed by atoms with E-state index in [1.807, 2.05) is 0 Å². The van der Waals surface area contributed by atoms with E-state index < -0.39 is 15.8 Å². The van der Waals surface area contributed by atoms with Crippen molar-refractivity contribution in [2.45, 2.75) is 19.8 Å². The van der Waals surface area contributed by atoms with E-state index >= 15 is 0 Å². The van der Waals surface area contributed by atoms with Gasteiger partial charge < -0.3 is 5.11 Å². The van der Waals surface area contributed by atoms with Crippen molar-refractivity contribution in [1.82, 2.24) is 0 Å². The van der Waals surface area contributed by atoms with Crippen LogP contribution in [0.15, 0.2) is 23.1 Å². The maximum atomic E-state index is 11.5. The molecule has 0 bridgehead atoms. The molecule has 0 radical (unpaired) electrons. The van der Waals surface area contributed by atoms with Gasteiger partial charge in [0.2, 0.25) is 0 Å². The quantitative estimate of drug-likeness (QED) is 0.791. The van der Waals surface area contributed by atoms with E-state index in [4.69, 9.17) is 5.11 Å². The molecule has 1 aliphatic rings. The minimum atomic E-state index is -3.17. The third-order valence-corrected chi connectivity index (χ3v) is 4.21. The molecule has 1 N–H and O–H groups in total. The monoisotopic (exact) mass is 230 g/mol. The molecule has 5 heteroatoms. The lowest BCUT2D eigenvalue weighted by Crippen LogP contribution is -2.14. The van der Waals surface area contributed by atoms with Gasteiger partial charge in [-0.2, -0.15) is 0 Å². The maximum absolute atomic E-state index is 11.5. The number of carbonyl (C=O) groups is 1. The van der Waals surface area contributed by atoms with Crippen molar-refractivity contribution in [2.75, 3.05) is 5.75 Å². The third-order valence-electron chi connectivity index (χ3n) is 2.35. The van der Waals surface area contributed by atoms with Crippen LogP contribution in [0.1, 0.15) is 19.8 Å². The Morgan fingerprint density at radius 2 is 2.27 bits per heavy atom. The third kappa shape index (κ3) is 3.20. The summed E-state index contributed by atoms with van der Waals surface area (Å²) in [5.41, 5.74) is 0. The van der Waals surface area contributed by atoms with E-state index in [-0.39, 0.29) is 18.1 Å². The topological polar surface area (TPSA) is 71.4 Å². The fourth-order valence-electron chi connectivity index (χ4n) is 1.50. The Morgan fingerprint density at radius 3 is 2.80 bits per heavy atom. The van der Waals surface area contributed by atoms with Crippen molar-refractivity contribution < 1.29 is 18.3 Å². The number of allylic oxidation sites excluding steroid dienone is 4. The highest BCUT2D eigenvalue weighted by atomic mass is 32.2. The molecule has 1 rings (SSSR count). The lowest BCUT2D eigenvalue weighted by atomic mass is 9.97. The van der Waals surface area contributed by atoms with Crippen LogP contribution in [0.4, 0.5) is 0 Å². The van der Waals surface area contributed by atoms with Gasteiger partial charge in [0.1, 0.15) is 0 Å². The van der Waals surface area contributed by atoms with Gasteiger partial charge in [0.25, 0.3) is 0 Å². The zero-order valence-electron chi connectivity index (χ0n) is 8.51. The second-order valence-corrected chi connectivity index (χ2v) is 5.81. The molecule has 1 unspecified atom stereocenters. The Balaban J connectivity index is 2.77. The highest BCUT2D eigenvalue weighted by Crippen LogP contribution is 2.25. The molecular formula is C10H14O4S. The smallest absolute Gasteiger partial charge is 0.303 e. The number of hydrogen-bond donors (Lipinski definition) is 1. The van der Waals surface area contributed by atoms with Crippen LogP contribution in [0.25, 0.3) is 0 Å². The molecule has 1 atom stereocenters. The summed E-state index contributed by atoms with van der Waals surface area (Å²) in [6, 6.07) is 0. The first-order chi connectivity index (χ1) is 6.95. The standard InChI is InChI=1S/C10H14O4S/c1-2-15(13,14)9-5-3-4-8(6-9)7-10(11)12/h3-5,8H,2,6-7H2,1H3,(H,11,12). The van der Waals surface area contributed by atoms with Crippen LogP contribution in [0.2, 0.25) is 0 Å². The first kappa shape index (κ1) is 12.0. The molecule has 84 valence electrons. The van der Waals surface area contributed by atoms with Gasteiger partial charge in [-0.1, -0.05) is 19.1 Å². The number of hydrogen-bond acceptors (Lipinski definition) is 3. The summed E-state index contributed by atoms with van der Waals surface area (Å²) in [5.74, 6) is -1.05. The molecule has 0 amide bonds. The highest BCUT2D eigenvalue weighted by molar-refractivity contribution is 7.95. The van der Waals surface area contributed by atoms with Crippen LogP contribution in [0.5, 0.6) is 0 Å². The van der Waals surface area contributed by atoms with Gasteiger partial charge in [-0.25, -0.2) is 8.42 Å². The summed E-state index contributed by atoms with van der Waals surface area (Å²) in [7, 11) is -3.17. The molecule has 4 nitrogen and oxygen atoms in total. The van der Waals surface area contributed by atoms with Gasteiger partial charge in [0.05, 0.1) is 12.2 Å². The van der Waals surface area contributed by atoms with Gasteiger partial charge in [0, 0.05) is 4.91 Å². The van der Waals surface area contributed by atoms with Crippen molar-refractivity contribution in [3.63, 3.8) is 0 Å². The second-order valence-electron chi connectivity index (χ2n) is 3.48. The summed E-state index contributed by atoms with van der Waals surface area (Å²) < 4.78 is 23.1. The fourth-order valence-corrected chi connectivity index (χ4v) is 2.62. The van der Waals surface area contributed by atoms with Crippen LogP contribution in [-0.4, -0.2) is 25.2 Å². The average Bonchev–Trinajstić information content (AvgIpc) is 2.17. The molecule has 0 fully saturated rings. The predicted molar refractivity (Wildman–Crippen MR) is 57.0 cm³/mol. The number of carboxylic acids is 1. The summed E-state index contributed by atoms with van der Waals surface area (Å²) in [6.07, 6.45) is 5.20. The van der Waals surface area contributed by atoms with Gasteiger partial charge in [0.15, 0.2) is 9.84 Å². The summed E-state index contributed by atoms with van der Waals surface area (Å²) in [6.45, 7) is 1.58. The molecule has 0 aromatic rings. The van der Waals surface area contributed by atoms with Crippen LogP contribution < -0.4 is 0 Å². The van der Waals surface area contributed by atoms with Crippen LogP contribution in [0.3, 0.4) is 0 Å². The fraction of sp³-hybridized carbons (Fsp3) is 0.500. The average molecular weight is 230 g/mol. The van der Waals surface area contributed by atoms with Gasteiger partial charge in [-0.05, 0) is 18.4 Å².